The van der Waals surface area contributed by atoms with Crippen molar-refractivity contribution in [2.24, 2.45) is 5.92 Å². The second kappa shape index (κ2) is 7.17. The maximum atomic E-state index is 11.8. The summed E-state index contributed by atoms with van der Waals surface area (Å²) in [5.74, 6) is 0.342. The second-order valence-electron chi connectivity index (χ2n) is 6.56. The molecular formula is C18H25N3O2S. The normalized spacial score (nSPS) is 22.8. The molecule has 3 rings (SSSR count). The molecule has 1 aromatic heterocycles. The van der Waals surface area contributed by atoms with Crippen LogP contribution in [0.5, 0.6) is 0 Å². The van der Waals surface area contributed by atoms with E-state index in [1.807, 2.05) is 18.2 Å². The standard InChI is InChI=1S/C18H25N3O2S/c1-3-14-13-21(24(2,22)23)11-10-17(14)19-12-16-9-8-15-6-4-5-7-18(15)20-16/h4-9,14,17,19H,3,10-13H2,1-2H3/t14-,17+/m1/s1. The summed E-state index contributed by atoms with van der Waals surface area (Å²) in [7, 11) is -3.09. The van der Waals surface area contributed by atoms with Crippen molar-refractivity contribution in [1.82, 2.24) is 14.6 Å². The summed E-state index contributed by atoms with van der Waals surface area (Å²) in [4.78, 5) is 4.70. The first-order valence-electron chi connectivity index (χ1n) is 8.50. The lowest BCUT2D eigenvalue weighted by molar-refractivity contribution is 0.201. The Labute approximate surface area is 144 Å². The minimum atomic E-state index is -3.09. The van der Waals surface area contributed by atoms with Crippen molar-refractivity contribution in [2.75, 3.05) is 19.3 Å². The van der Waals surface area contributed by atoms with Crippen molar-refractivity contribution < 1.29 is 8.42 Å². The lowest BCUT2D eigenvalue weighted by Gasteiger charge is -2.37. The summed E-state index contributed by atoms with van der Waals surface area (Å²) in [5.41, 5.74) is 2.03. The molecule has 1 N–H and O–H groups in total. The molecule has 0 amide bonds. The highest BCUT2D eigenvalue weighted by molar-refractivity contribution is 7.88. The molecule has 0 unspecified atom stereocenters. The Morgan fingerprint density at radius 1 is 1.25 bits per heavy atom. The van der Waals surface area contributed by atoms with E-state index < -0.39 is 10.0 Å². The van der Waals surface area contributed by atoms with Gasteiger partial charge in [0, 0.05) is 31.1 Å². The summed E-state index contributed by atoms with van der Waals surface area (Å²) in [5, 5.41) is 4.74. The van der Waals surface area contributed by atoms with E-state index in [9.17, 15) is 8.42 Å². The molecule has 1 aromatic carbocycles. The van der Waals surface area contributed by atoms with Gasteiger partial charge in [-0.3, -0.25) is 4.98 Å². The minimum Gasteiger partial charge on any atom is -0.308 e. The van der Waals surface area contributed by atoms with E-state index in [1.54, 1.807) is 4.31 Å². The predicted octanol–water partition coefficient (Wildman–Crippen LogP) is 2.38. The Morgan fingerprint density at radius 3 is 2.79 bits per heavy atom. The number of nitrogens with one attached hydrogen (secondary N) is 1. The number of hydrogen-bond donors (Lipinski definition) is 1. The van der Waals surface area contributed by atoms with Crippen LogP contribution in [0.4, 0.5) is 0 Å². The highest BCUT2D eigenvalue weighted by Gasteiger charge is 2.31. The van der Waals surface area contributed by atoms with Gasteiger partial charge in [0.2, 0.25) is 10.0 Å². The maximum absolute atomic E-state index is 11.8. The number of sulfonamides is 1. The highest BCUT2D eigenvalue weighted by atomic mass is 32.2. The summed E-state index contributed by atoms with van der Waals surface area (Å²) >= 11 is 0. The lowest BCUT2D eigenvalue weighted by atomic mass is 9.91. The molecular weight excluding hydrogens is 322 g/mol. The number of fused-ring (bicyclic) bond motifs is 1. The van der Waals surface area contributed by atoms with Gasteiger partial charge in [-0.15, -0.1) is 0 Å². The number of piperidine rings is 1. The molecule has 2 heterocycles. The molecule has 0 saturated carbocycles. The number of pyridine rings is 1. The van der Waals surface area contributed by atoms with Gasteiger partial charge in [-0.1, -0.05) is 37.6 Å². The van der Waals surface area contributed by atoms with E-state index in [0.717, 1.165) is 29.4 Å². The van der Waals surface area contributed by atoms with E-state index in [2.05, 4.69) is 30.4 Å². The van der Waals surface area contributed by atoms with E-state index in [0.29, 0.717) is 31.6 Å². The minimum absolute atomic E-state index is 0.335. The maximum Gasteiger partial charge on any atom is 0.211 e. The Balaban J connectivity index is 1.64. The number of rotatable bonds is 5. The average Bonchev–Trinajstić information content (AvgIpc) is 2.58. The molecule has 1 fully saturated rings. The van der Waals surface area contributed by atoms with Crippen LogP contribution in [-0.4, -0.2) is 43.1 Å². The number of nitrogens with zero attached hydrogens (tertiary/aromatic N) is 2. The van der Waals surface area contributed by atoms with Gasteiger partial charge in [-0.2, -0.15) is 0 Å². The number of benzene rings is 1. The first-order chi connectivity index (χ1) is 11.5. The number of para-hydroxylation sites is 1. The fraction of sp³-hybridized carbons (Fsp3) is 0.500. The number of hydrogen-bond acceptors (Lipinski definition) is 4. The topological polar surface area (TPSA) is 62.3 Å². The predicted molar refractivity (Wildman–Crippen MR) is 97.2 cm³/mol. The van der Waals surface area contributed by atoms with Crippen LogP contribution in [0.3, 0.4) is 0 Å². The van der Waals surface area contributed by atoms with Crippen LogP contribution in [0.1, 0.15) is 25.5 Å². The van der Waals surface area contributed by atoms with Crippen molar-refractivity contribution in [3.63, 3.8) is 0 Å². The molecule has 24 heavy (non-hydrogen) atoms. The van der Waals surface area contributed by atoms with Crippen LogP contribution >= 0.6 is 0 Å². The van der Waals surface area contributed by atoms with Crippen molar-refractivity contribution >= 4 is 20.9 Å². The summed E-state index contributed by atoms with van der Waals surface area (Å²) < 4.78 is 25.1. The van der Waals surface area contributed by atoms with Gasteiger partial charge in [-0.05, 0) is 24.5 Å². The summed E-state index contributed by atoms with van der Waals surface area (Å²) in [6.07, 6.45) is 3.11. The third-order valence-corrected chi connectivity index (χ3v) is 6.16. The first kappa shape index (κ1) is 17.3. The van der Waals surface area contributed by atoms with E-state index in [-0.39, 0.29) is 0 Å². The Morgan fingerprint density at radius 2 is 2.04 bits per heavy atom. The monoisotopic (exact) mass is 347 g/mol. The molecule has 0 radical (unpaired) electrons. The quantitative estimate of drug-likeness (QED) is 0.902. The molecule has 2 atom stereocenters. The van der Waals surface area contributed by atoms with Crippen LogP contribution in [0, 0.1) is 5.92 Å². The van der Waals surface area contributed by atoms with E-state index in [4.69, 9.17) is 4.98 Å². The van der Waals surface area contributed by atoms with Gasteiger partial charge in [0.05, 0.1) is 17.5 Å². The van der Waals surface area contributed by atoms with Crippen LogP contribution in [0.15, 0.2) is 36.4 Å². The van der Waals surface area contributed by atoms with Gasteiger partial charge < -0.3 is 5.32 Å². The highest BCUT2D eigenvalue weighted by Crippen LogP contribution is 2.22. The Hall–Kier alpha value is -1.50. The van der Waals surface area contributed by atoms with Gasteiger partial charge in [0.1, 0.15) is 0 Å². The van der Waals surface area contributed by atoms with Crippen LogP contribution in [0.2, 0.25) is 0 Å². The molecule has 6 heteroatoms. The van der Waals surface area contributed by atoms with Gasteiger partial charge in [0.25, 0.3) is 0 Å². The molecule has 0 spiro atoms. The fourth-order valence-corrected chi connectivity index (χ4v) is 4.32. The molecule has 0 aliphatic carbocycles. The second-order valence-corrected chi connectivity index (χ2v) is 8.54. The zero-order valence-electron chi connectivity index (χ0n) is 14.3. The van der Waals surface area contributed by atoms with Crippen LogP contribution in [0.25, 0.3) is 10.9 Å². The Bertz CT molecular complexity index is 807. The van der Waals surface area contributed by atoms with E-state index in [1.165, 1.54) is 6.26 Å². The zero-order valence-corrected chi connectivity index (χ0v) is 15.1. The van der Waals surface area contributed by atoms with Crippen molar-refractivity contribution in [2.45, 2.75) is 32.4 Å². The summed E-state index contributed by atoms with van der Waals surface area (Å²) in [6.45, 7) is 4.04. The van der Waals surface area contributed by atoms with E-state index >= 15 is 0 Å². The fourth-order valence-electron chi connectivity index (χ4n) is 3.42. The number of aromatic nitrogens is 1. The first-order valence-corrected chi connectivity index (χ1v) is 10.4. The Kier molecular flexibility index (Phi) is 5.18. The third kappa shape index (κ3) is 3.94. The van der Waals surface area contributed by atoms with Gasteiger partial charge in [0.15, 0.2) is 0 Å². The molecule has 1 saturated heterocycles. The molecule has 2 aromatic rings. The molecule has 1 aliphatic heterocycles. The molecule has 1 aliphatic rings. The summed E-state index contributed by atoms with van der Waals surface area (Å²) in [6, 6.07) is 12.6. The largest absolute Gasteiger partial charge is 0.308 e. The van der Waals surface area contributed by atoms with Crippen LogP contribution in [-0.2, 0) is 16.6 Å². The smallest absolute Gasteiger partial charge is 0.211 e. The molecule has 5 nitrogen and oxygen atoms in total. The molecule has 130 valence electrons. The average molecular weight is 347 g/mol. The zero-order chi connectivity index (χ0) is 17.2. The van der Waals surface area contributed by atoms with Crippen molar-refractivity contribution in [3.8, 4) is 0 Å². The third-order valence-electron chi connectivity index (χ3n) is 4.89. The van der Waals surface area contributed by atoms with Crippen molar-refractivity contribution in [1.29, 1.82) is 0 Å². The van der Waals surface area contributed by atoms with Gasteiger partial charge >= 0.3 is 0 Å². The SMILES string of the molecule is CC[C@@H]1CN(S(C)(=O)=O)CC[C@@H]1NCc1ccc2ccccc2n1. The molecule has 0 bridgehead atoms. The lowest BCUT2D eigenvalue weighted by Crippen LogP contribution is -2.50. The van der Waals surface area contributed by atoms with Crippen LogP contribution < -0.4 is 5.32 Å². The van der Waals surface area contributed by atoms with Crippen molar-refractivity contribution in [3.05, 3.63) is 42.1 Å². The van der Waals surface area contributed by atoms with Gasteiger partial charge in [-0.25, -0.2) is 12.7 Å².